The molecule has 0 spiro atoms. The zero-order chi connectivity index (χ0) is 11.4. The number of benzene rings is 1. The Bertz CT molecular complexity index is 370. The summed E-state index contributed by atoms with van der Waals surface area (Å²) in [5, 5.41) is 3.26. The summed E-state index contributed by atoms with van der Waals surface area (Å²) in [4.78, 5) is 11.5. The molecule has 1 aromatic rings. The Labute approximate surface area is 102 Å². The van der Waals surface area contributed by atoms with E-state index in [2.05, 4.69) is 21.2 Å². The highest BCUT2D eigenvalue weighted by atomic mass is 79.9. The van der Waals surface area contributed by atoms with Crippen LogP contribution >= 0.6 is 27.5 Å². The molecule has 3 N–H and O–H groups in total. The predicted molar refractivity (Wildman–Crippen MR) is 66.0 cm³/mol. The average molecular weight is 292 g/mol. The Balaban J connectivity index is 2.81. The molecule has 15 heavy (non-hydrogen) atoms. The molecule has 1 atom stereocenters. The van der Waals surface area contributed by atoms with Crippen LogP contribution in [0.1, 0.15) is 13.3 Å². The molecule has 1 amide bonds. The van der Waals surface area contributed by atoms with E-state index in [1.807, 2.05) is 6.92 Å². The van der Waals surface area contributed by atoms with Crippen LogP contribution in [0.5, 0.6) is 0 Å². The van der Waals surface area contributed by atoms with Crippen LogP contribution in [-0.4, -0.2) is 11.9 Å². The molecule has 0 radical (unpaired) electrons. The van der Waals surface area contributed by atoms with E-state index in [4.69, 9.17) is 17.3 Å². The average Bonchev–Trinajstić information content (AvgIpc) is 2.23. The molecule has 0 aromatic heterocycles. The van der Waals surface area contributed by atoms with Gasteiger partial charge in [-0.3, -0.25) is 4.79 Å². The summed E-state index contributed by atoms with van der Waals surface area (Å²) in [6.45, 7) is 1.86. The lowest BCUT2D eigenvalue weighted by atomic mass is 10.2. The van der Waals surface area contributed by atoms with E-state index in [1.54, 1.807) is 18.2 Å². The minimum atomic E-state index is -0.490. The van der Waals surface area contributed by atoms with Crippen LogP contribution in [-0.2, 0) is 4.79 Å². The van der Waals surface area contributed by atoms with Gasteiger partial charge in [-0.1, -0.05) is 24.6 Å². The van der Waals surface area contributed by atoms with E-state index in [9.17, 15) is 4.79 Å². The van der Waals surface area contributed by atoms with Crippen molar-refractivity contribution in [3.05, 3.63) is 27.7 Å². The van der Waals surface area contributed by atoms with Crippen molar-refractivity contribution in [1.82, 2.24) is 0 Å². The fraction of sp³-hybridized carbons (Fsp3) is 0.300. The lowest BCUT2D eigenvalue weighted by Crippen LogP contribution is -2.34. The highest BCUT2D eigenvalue weighted by Crippen LogP contribution is 2.29. The summed E-state index contributed by atoms with van der Waals surface area (Å²) in [6.07, 6.45) is 0.601. The number of rotatable bonds is 3. The third-order valence-electron chi connectivity index (χ3n) is 1.99. The Morgan fingerprint density at radius 3 is 2.93 bits per heavy atom. The maximum absolute atomic E-state index is 11.5. The third-order valence-corrected chi connectivity index (χ3v) is 3.38. The largest absolute Gasteiger partial charge is 0.324 e. The smallest absolute Gasteiger partial charge is 0.241 e. The van der Waals surface area contributed by atoms with Crippen molar-refractivity contribution in [3.8, 4) is 0 Å². The molecule has 0 saturated carbocycles. The van der Waals surface area contributed by atoms with Crippen molar-refractivity contribution < 1.29 is 4.79 Å². The van der Waals surface area contributed by atoms with Gasteiger partial charge in [0.05, 0.1) is 21.2 Å². The van der Waals surface area contributed by atoms with Gasteiger partial charge in [0.25, 0.3) is 0 Å². The number of halogens is 2. The molecular formula is C10H12BrClN2O. The first kappa shape index (κ1) is 12.5. The van der Waals surface area contributed by atoms with Gasteiger partial charge in [0.2, 0.25) is 5.91 Å². The van der Waals surface area contributed by atoms with Crippen molar-refractivity contribution in [1.29, 1.82) is 0 Å². The van der Waals surface area contributed by atoms with Crippen LogP contribution in [0.15, 0.2) is 22.7 Å². The first-order chi connectivity index (χ1) is 7.06. The van der Waals surface area contributed by atoms with E-state index in [0.717, 1.165) is 0 Å². The van der Waals surface area contributed by atoms with Crippen molar-refractivity contribution >= 4 is 39.1 Å². The van der Waals surface area contributed by atoms with E-state index in [1.165, 1.54) is 0 Å². The van der Waals surface area contributed by atoms with Crippen molar-refractivity contribution in [3.63, 3.8) is 0 Å². The second kappa shape index (κ2) is 5.49. The van der Waals surface area contributed by atoms with Gasteiger partial charge >= 0.3 is 0 Å². The minimum Gasteiger partial charge on any atom is -0.324 e. The predicted octanol–water partition coefficient (Wildman–Crippen LogP) is 2.78. The maximum Gasteiger partial charge on any atom is 0.241 e. The summed E-state index contributed by atoms with van der Waals surface area (Å²) in [7, 11) is 0. The fourth-order valence-electron chi connectivity index (χ4n) is 1.01. The Morgan fingerprint density at radius 1 is 1.67 bits per heavy atom. The third kappa shape index (κ3) is 3.19. The van der Waals surface area contributed by atoms with Crippen LogP contribution in [0.4, 0.5) is 5.69 Å². The van der Waals surface area contributed by atoms with Crippen LogP contribution in [0, 0.1) is 0 Å². The van der Waals surface area contributed by atoms with Gasteiger partial charge in [-0.25, -0.2) is 0 Å². The molecule has 0 aliphatic rings. The molecule has 82 valence electrons. The van der Waals surface area contributed by atoms with Gasteiger partial charge in [-0.15, -0.1) is 0 Å². The number of amides is 1. The molecule has 0 bridgehead atoms. The second-order valence-electron chi connectivity index (χ2n) is 3.11. The molecule has 0 aliphatic heterocycles. The second-order valence-corrected chi connectivity index (χ2v) is 4.31. The lowest BCUT2D eigenvalue weighted by Gasteiger charge is -2.11. The Hall–Kier alpha value is -0.580. The quantitative estimate of drug-likeness (QED) is 0.900. The monoisotopic (exact) mass is 290 g/mol. The maximum atomic E-state index is 11.5. The molecule has 0 heterocycles. The van der Waals surface area contributed by atoms with Gasteiger partial charge in [-0.05, 0) is 34.5 Å². The lowest BCUT2D eigenvalue weighted by molar-refractivity contribution is -0.117. The van der Waals surface area contributed by atoms with Crippen LogP contribution in [0.2, 0.25) is 5.02 Å². The minimum absolute atomic E-state index is 0.208. The van der Waals surface area contributed by atoms with E-state index < -0.39 is 6.04 Å². The topological polar surface area (TPSA) is 55.1 Å². The van der Waals surface area contributed by atoms with Crippen molar-refractivity contribution in [2.75, 3.05) is 5.32 Å². The number of anilines is 1. The highest BCUT2D eigenvalue weighted by molar-refractivity contribution is 9.10. The SMILES string of the molecule is CC[C@H](N)C(=O)Nc1cccc(Cl)c1Br. The molecular weight excluding hydrogens is 279 g/mol. The van der Waals surface area contributed by atoms with E-state index in [-0.39, 0.29) is 5.91 Å². The molecule has 0 saturated heterocycles. The van der Waals surface area contributed by atoms with Gasteiger partial charge < -0.3 is 11.1 Å². The van der Waals surface area contributed by atoms with Crippen LogP contribution in [0.25, 0.3) is 0 Å². The number of hydrogen-bond donors (Lipinski definition) is 2. The van der Waals surface area contributed by atoms with E-state index >= 15 is 0 Å². The van der Waals surface area contributed by atoms with Crippen molar-refractivity contribution in [2.45, 2.75) is 19.4 Å². The normalized spacial score (nSPS) is 12.3. The zero-order valence-electron chi connectivity index (χ0n) is 8.26. The first-order valence-corrected chi connectivity index (χ1v) is 5.73. The zero-order valence-corrected chi connectivity index (χ0v) is 10.6. The number of carbonyl (C=O) groups excluding carboxylic acids is 1. The van der Waals surface area contributed by atoms with Gasteiger partial charge in [0.1, 0.15) is 0 Å². The summed E-state index contributed by atoms with van der Waals surface area (Å²) in [6, 6.07) is 4.77. The molecule has 0 fully saturated rings. The molecule has 1 rings (SSSR count). The first-order valence-electron chi connectivity index (χ1n) is 4.56. The summed E-state index contributed by atoms with van der Waals surface area (Å²) >= 11 is 9.17. The Kier molecular flexibility index (Phi) is 4.57. The van der Waals surface area contributed by atoms with Crippen LogP contribution in [0.3, 0.4) is 0 Å². The molecule has 5 heteroatoms. The van der Waals surface area contributed by atoms with Crippen LogP contribution < -0.4 is 11.1 Å². The van der Waals surface area contributed by atoms with Crippen molar-refractivity contribution in [2.24, 2.45) is 5.73 Å². The van der Waals surface area contributed by atoms with Gasteiger partial charge in [0.15, 0.2) is 0 Å². The summed E-state index contributed by atoms with van der Waals surface area (Å²) in [5.74, 6) is -0.208. The standard InChI is InChI=1S/C10H12BrClN2O/c1-2-7(13)10(15)14-8-5-3-4-6(12)9(8)11/h3-5,7H,2,13H2,1H3,(H,14,15)/t7-/m0/s1. The van der Waals surface area contributed by atoms with Gasteiger partial charge in [0, 0.05) is 0 Å². The van der Waals surface area contributed by atoms with E-state index in [0.29, 0.717) is 21.6 Å². The highest BCUT2D eigenvalue weighted by Gasteiger charge is 2.13. The molecule has 0 aliphatic carbocycles. The number of nitrogens with two attached hydrogens (primary N) is 1. The number of nitrogens with one attached hydrogen (secondary N) is 1. The number of hydrogen-bond acceptors (Lipinski definition) is 2. The molecule has 0 unspecified atom stereocenters. The summed E-state index contributed by atoms with van der Waals surface area (Å²) < 4.78 is 0.670. The fourth-order valence-corrected chi connectivity index (χ4v) is 1.55. The molecule has 3 nitrogen and oxygen atoms in total. The van der Waals surface area contributed by atoms with Gasteiger partial charge in [-0.2, -0.15) is 0 Å². The number of carbonyl (C=O) groups is 1. The summed E-state index contributed by atoms with van der Waals surface area (Å²) in [5.41, 5.74) is 6.23. The Morgan fingerprint density at radius 2 is 2.33 bits per heavy atom. The molecule has 1 aromatic carbocycles.